The molecule has 11 heteroatoms. The number of anilines is 4. The van der Waals surface area contributed by atoms with Gasteiger partial charge in [0.25, 0.3) is 11.5 Å². The zero-order valence-electron chi connectivity index (χ0n) is 25.5. The number of rotatable bonds is 8. The number of aryl methyl sites for hydroxylation is 1. The lowest BCUT2D eigenvalue weighted by Crippen LogP contribution is -2.47. The van der Waals surface area contributed by atoms with Crippen molar-refractivity contribution in [3.05, 3.63) is 94.4 Å². The maximum atomic E-state index is 15.7. The first-order chi connectivity index (χ1) is 21.0. The fourth-order valence-electron chi connectivity index (χ4n) is 5.07. The van der Waals surface area contributed by atoms with Crippen molar-refractivity contribution < 1.29 is 14.3 Å². The van der Waals surface area contributed by atoms with Crippen LogP contribution in [-0.2, 0) is 12.5 Å². The van der Waals surface area contributed by atoms with Gasteiger partial charge in [0.05, 0.1) is 23.6 Å². The molecule has 2 aromatic carbocycles. The first-order valence-electron chi connectivity index (χ1n) is 14.6. The number of hydrogen-bond acceptors (Lipinski definition) is 8. The van der Waals surface area contributed by atoms with Crippen LogP contribution in [0.1, 0.15) is 36.8 Å². The van der Waals surface area contributed by atoms with Crippen LogP contribution >= 0.6 is 0 Å². The van der Waals surface area contributed by atoms with E-state index in [9.17, 15) is 9.59 Å². The lowest BCUT2D eigenvalue weighted by Gasteiger charge is -2.35. The molecule has 0 saturated carbocycles. The van der Waals surface area contributed by atoms with Gasteiger partial charge >= 0.3 is 0 Å². The summed E-state index contributed by atoms with van der Waals surface area (Å²) in [4.78, 5) is 39.2. The Balaban J connectivity index is 1.32. The molecular formula is C33H38FN7O3. The molecule has 0 radical (unpaired) electrons. The molecule has 2 aromatic heterocycles. The summed E-state index contributed by atoms with van der Waals surface area (Å²) < 4.78 is 17.1. The number of pyridine rings is 1. The first kappa shape index (κ1) is 30.8. The lowest BCUT2D eigenvalue weighted by atomic mass is 9.91. The van der Waals surface area contributed by atoms with E-state index in [-0.39, 0.29) is 40.3 Å². The highest BCUT2D eigenvalue weighted by Crippen LogP contribution is 2.28. The Kier molecular flexibility index (Phi) is 9.07. The van der Waals surface area contributed by atoms with E-state index in [1.165, 1.54) is 23.0 Å². The van der Waals surface area contributed by atoms with Crippen LogP contribution in [0.25, 0.3) is 11.3 Å². The van der Waals surface area contributed by atoms with E-state index < -0.39 is 11.7 Å². The van der Waals surface area contributed by atoms with Crippen LogP contribution in [0.3, 0.4) is 0 Å². The Morgan fingerprint density at radius 2 is 1.75 bits per heavy atom. The minimum absolute atomic E-state index is 0.00894. The number of β-amino-alcohol motifs (C(OH)–C–C–N with tert-alkyl or cyclic N) is 1. The van der Waals surface area contributed by atoms with Gasteiger partial charge in [-0.05, 0) is 48.5 Å². The normalized spacial score (nSPS) is 14.0. The average Bonchev–Trinajstić information content (AvgIpc) is 3.01. The standard InChI is InChI=1S/C33H38FN7O3/c1-33(2,3)28-13-8-22(20-35-28)31(43)38-26-7-5-6-25(29(26)34)27-21-39(4)32(44)30(37-27)36-23-9-11-24(12-10-23)41-16-14-40(15-17-41)18-19-42/h5-13,20-21,42H,14-19H2,1-4H3,(H,36,37)(H,38,43). The van der Waals surface area contributed by atoms with Crippen molar-refractivity contribution in [1.29, 1.82) is 0 Å². The van der Waals surface area contributed by atoms with Crippen LogP contribution in [0.5, 0.6) is 0 Å². The molecule has 4 aromatic rings. The summed E-state index contributed by atoms with van der Waals surface area (Å²) in [5.41, 5.74) is 2.72. The summed E-state index contributed by atoms with van der Waals surface area (Å²) in [6, 6.07) is 15.8. The van der Waals surface area contributed by atoms with E-state index in [1.54, 1.807) is 31.3 Å². The highest BCUT2D eigenvalue weighted by atomic mass is 19.1. The molecule has 44 heavy (non-hydrogen) atoms. The third-order valence-corrected chi connectivity index (χ3v) is 7.67. The molecule has 1 amide bonds. The largest absolute Gasteiger partial charge is 0.395 e. The van der Waals surface area contributed by atoms with Crippen LogP contribution in [0, 0.1) is 5.82 Å². The molecule has 0 atom stereocenters. The molecule has 1 aliphatic heterocycles. The second kappa shape index (κ2) is 12.9. The number of aromatic nitrogens is 3. The van der Waals surface area contributed by atoms with E-state index in [0.29, 0.717) is 17.8 Å². The number of aliphatic hydroxyl groups is 1. The van der Waals surface area contributed by atoms with Crippen molar-refractivity contribution in [2.24, 2.45) is 7.05 Å². The molecule has 3 heterocycles. The summed E-state index contributed by atoms with van der Waals surface area (Å²) in [7, 11) is 1.58. The number of nitrogens with one attached hydrogen (secondary N) is 2. The predicted octanol–water partition coefficient (Wildman–Crippen LogP) is 4.39. The number of amides is 1. The lowest BCUT2D eigenvalue weighted by molar-refractivity contribution is 0.102. The fourth-order valence-corrected chi connectivity index (χ4v) is 5.07. The summed E-state index contributed by atoms with van der Waals surface area (Å²) >= 11 is 0. The Hall–Kier alpha value is -4.61. The number of hydrogen-bond donors (Lipinski definition) is 3. The van der Waals surface area contributed by atoms with E-state index in [0.717, 1.165) is 37.6 Å². The second-order valence-electron chi connectivity index (χ2n) is 11.9. The number of carbonyl (C=O) groups excluding carboxylic acids is 1. The van der Waals surface area contributed by atoms with Crippen LogP contribution in [0.4, 0.5) is 27.3 Å². The maximum Gasteiger partial charge on any atom is 0.293 e. The van der Waals surface area contributed by atoms with E-state index in [4.69, 9.17) is 5.11 Å². The molecule has 1 fully saturated rings. The smallest absolute Gasteiger partial charge is 0.293 e. The number of benzene rings is 2. The van der Waals surface area contributed by atoms with E-state index in [2.05, 4.69) is 30.4 Å². The van der Waals surface area contributed by atoms with E-state index in [1.807, 2.05) is 45.0 Å². The Bertz CT molecular complexity index is 1670. The number of piperazine rings is 1. The molecule has 10 nitrogen and oxygen atoms in total. The summed E-state index contributed by atoms with van der Waals surface area (Å²) in [5, 5.41) is 14.9. The van der Waals surface area contributed by atoms with Gasteiger partial charge in [0.2, 0.25) is 0 Å². The summed E-state index contributed by atoms with van der Waals surface area (Å²) in [6.45, 7) is 10.4. The minimum atomic E-state index is -0.666. The van der Waals surface area contributed by atoms with Gasteiger partial charge in [-0.3, -0.25) is 19.5 Å². The van der Waals surface area contributed by atoms with Crippen molar-refractivity contribution in [2.75, 3.05) is 54.9 Å². The average molecular weight is 600 g/mol. The zero-order chi connectivity index (χ0) is 31.4. The van der Waals surface area contributed by atoms with Gasteiger partial charge < -0.3 is 25.2 Å². The van der Waals surface area contributed by atoms with Gasteiger partial charge in [0, 0.05) is 80.2 Å². The van der Waals surface area contributed by atoms with Crippen LogP contribution in [0.2, 0.25) is 0 Å². The third-order valence-electron chi connectivity index (χ3n) is 7.67. The molecule has 5 rings (SSSR count). The molecule has 0 unspecified atom stereocenters. The molecule has 0 spiro atoms. The highest BCUT2D eigenvalue weighted by Gasteiger charge is 2.20. The van der Waals surface area contributed by atoms with Gasteiger partial charge in [0.15, 0.2) is 11.6 Å². The van der Waals surface area contributed by atoms with Crippen molar-refractivity contribution in [3.8, 4) is 11.3 Å². The Labute approximate surface area is 256 Å². The molecule has 1 aliphatic rings. The maximum absolute atomic E-state index is 15.7. The van der Waals surface area contributed by atoms with Crippen LogP contribution < -0.4 is 21.1 Å². The third kappa shape index (κ3) is 6.95. The summed E-state index contributed by atoms with van der Waals surface area (Å²) in [5.74, 6) is -1.10. The summed E-state index contributed by atoms with van der Waals surface area (Å²) in [6.07, 6.45) is 2.95. The fraction of sp³-hybridized carbons (Fsp3) is 0.333. The molecule has 3 N–H and O–H groups in total. The second-order valence-corrected chi connectivity index (χ2v) is 11.9. The van der Waals surface area contributed by atoms with Crippen molar-refractivity contribution in [1.82, 2.24) is 19.4 Å². The quantitative estimate of drug-likeness (QED) is 0.273. The Morgan fingerprint density at radius 3 is 2.39 bits per heavy atom. The predicted molar refractivity (Wildman–Crippen MR) is 171 cm³/mol. The molecule has 1 saturated heterocycles. The van der Waals surface area contributed by atoms with Crippen molar-refractivity contribution in [3.63, 3.8) is 0 Å². The van der Waals surface area contributed by atoms with Gasteiger partial charge in [-0.25, -0.2) is 9.37 Å². The van der Waals surface area contributed by atoms with Crippen LogP contribution in [0.15, 0.2) is 71.8 Å². The van der Waals surface area contributed by atoms with E-state index >= 15 is 4.39 Å². The molecule has 0 aliphatic carbocycles. The van der Waals surface area contributed by atoms with Gasteiger partial charge in [-0.15, -0.1) is 0 Å². The number of halogens is 1. The van der Waals surface area contributed by atoms with Crippen molar-refractivity contribution in [2.45, 2.75) is 26.2 Å². The molecule has 230 valence electrons. The van der Waals surface area contributed by atoms with Gasteiger partial charge in [0.1, 0.15) is 0 Å². The highest BCUT2D eigenvalue weighted by molar-refractivity contribution is 6.04. The van der Waals surface area contributed by atoms with Crippen molar-refractivity contribution >= 4 is 28.8 Å². The number of carbonyl (C=O) groups is 1. The Morgan fingerprint density at radius 1 is 1.02 bits per heavy atom. The number of nitrogens with zero attached hydrogens (tertiary/aromatic N) is 5. The van der Waals surface area contributed by atoms with Gasteiger partial charge in [-0.1, -0.05) is 26.8 Å². The first-order valence-corrected chi connectivity index (χ1v) is 14.6. The molecule has 0 bridgehead atoms. The van der Waals surface area contributed by atoms with Gasteiger partial charge in [-0.2, -0.15) is 0 Å². The topological polar surface area (TPSA) is 116 Å². The van der Waals surface area contributed by atoms with Crippen LogP contribution in [-0.4, -0.2) is 69.8 Å². The monoisotopic (exact) mass is 599 g/mol. The SMILES string of the molecule is Cn1cc(-c2cccc(NC(=O)c3ccc(C(C)(C)C)nc3)c2F)nc(Nc2ccc(N3CCN(CCO)CC3)cc2)c1=O. The minimum Gasteiger partial charge on any atom is -0.395 e. The number of aliphatic hydroxyl groups excluding tert-OH is 1. The zero-order valence-corrected chi connectivity index (χ0v) is 25.5. The molecular weight excluding hydrogens is 561 g/mol.